The molecule has 1 aromatic rings. The monoisotopic (exact) mass is 254 g/mol. The number of benzene rings is 1. The summed E-state index contributed by atoms with van der Waals surface area (Å²) in [5, 5.41) is 3.13. The number of amides is 1. The molecule has 1 unspecified atom stereocenters. The lowest BCUT2D eigenvalue weighted by Crippen LogP contribution is -2.41. The fourth-order valence-corrected chi connectivity index (χ4v) is 2.20. The van der Waals surface area contributed by atoms with Crippen LogP contribution < -0.4 is 10.2 Å². The Morgan fingerprint density at radius 2 is 2.22 bits per heavy atom. The molecule has 0 spiro atoms. The average molecular weight is 254 g/mol. The summed E-state index contributed by atoms with van der Waals surface area (Å²) in [4.78, 5) is 13.4. The molecule has 1 amide bonds. The first-order valence-corrected chi connectivity index (χ1v) is 6.03. The molecule has 1 atom stereocenters. The van der Waals surface area contributed by atoms with Crippen molar-refractivity contribution in [2.45, 2.75) is 12.8 Å². The summed E-state index contributed by atoms with van der Waals surface area (Å²) < 4.78 is 26.7. The van der Waals surface area contributed by atoms with E-state index in [1.165, 1.54) is 11.9 Å². The molecule has 1 aliphatic heterocycles. The van der Waals surface area contributed by atoms with Gasteiger partial charge in [0.2, 0.25) is 5.91 Å². The summed E-state index contributed by atoms with van der Waals surface area (Å²) in [5.41, 5.74) is -0.00873. The number of nitrogens with zero attached hydrogens (tertiary/aromatic N) is 1. The summed E-state index contributed by atoms with van der Waals surface area (Å²) in [5.74, 6) is -1.47. The van der Waals surface area contributed by atoms with Crippen molar-refractivity contribution in [1.29, 1.82) is 0 Å². The summed E-state index contributed by atoms with van der Waals surface area (Å²) in [6.45, 7) is 1.50. The highest BCUT2D eigenvalue weighted by Crippen LogP contribution is 2.22. The van der Waals surface area contributed by atoms with Crippen LogP contribution in [0.25, 0.3) is 0 Å². The van der Waals surface area contributed by atoms with Gasteiger partial charge in [-0.25, -0.2) is 8.78 Å². The maximum Gasteiger partial charge on any atom is 0.231 e. The SMILES string of the molecule is CN(C(=O)C1CCCNC1)c1cc(F)ccc1F. The third-order valence-electron chi connectivity index (χ3n) is 3.25. The highest BCUT2D eigenvalue weighted by atomic mass is 19.1. The van der Waals surface area contributed by atoms with Gasteiger partial charge in [-0.2, -0.15) is 0 Å². The molecule has 0 saturated carbocycles. The summed E-state index contributed by atoms with van der Waals surface area (Å²) >= 11 is 0. The topological polar surface area (TPSA) is 32.3 Å². The second-order valence-corrected chi connectivity index (χ2v) is 4.54. The molecule has 1 N–H and O–H groups in total. The first kappa shape index (κ1) is 13.0. The highest BCUT2D eigenvalue weighted by molar-refractivity contribution is 5.94. The first-order valence-electron chi connectivity index (χ1n) is 6.03. The van der Waals surface area contributed by atoms with Crippen LogP contribution in [-0.2, 0) is 4.79 Å². The zero-order chi connectivity index (χ0) is 13.1. The predicted octanol–water partition coefficient (Wildman–Crippen LogP) is 1.93. The van der Waals surface area contributed by atoms with Gasteiger partial charge < -0.3 is 10.2 Å². The van der Waals surface area contributed by atoms with Crippen molar-refractivity contribution in [3.63, 3.8) is 0 Å². The molecule has 0 radical (unpaired) electrons. The molecular weight excluding hydrogens is 238 g/mol. The van der Waals surface area contributed by atoms with Crippen LogP contribution in [0.2, 0.25) is 0 Å². The van der Waals surface area contributed by atoms with Crippen molar-refractivity contribution in [2.24, 2.45) is 5.92 Å². The molecule has 18 heavy (non-hydrogen) atoms. The molecule has 1 saturated heterocycles. The molecule has 1 heterocycles. The van der Waals surface area contributed by atoms with Crippen molar-refractivity contribution < 1.29 is 13.6 Å². The Morgan fingerprint density at radius 3 is 2.89 bits per heavy atom. The second kappa shape index (κ2) is 5.44. The van der Waals surface area contributed by atoms with E-state index < -0.39 is 11.6 Å². The zero-order valence-electron chi connectivity index (χ0n) is 10.2. The van der Waals surface area contributed by atoms with Crippen molar-refractivity contribution in [3.05, 3.63) is 29.8 Å². The Bertz CT molecular complexity index is 445. The Balaban J connectivity index is 2.16. The fraction of sp³-hybridized carbons (Fsp3) is 0.462. The minimum Gasteiger partial charge on any atom is -0.316 e. The van der Waals surface area contributed by atoms with Gasteiger partial charge in [-0.05, 0) is 31.5 Å². The number of piperidine rings is 1. The van der Waals surface area contributed by atoms with E-state index in [0.29, 0.717) is 6.54 Å². The van der Waals surface area contributed by atoms with E-state index in [1.54, 1.807) is 0 Å². The molecule has 0 bridgehead atoms. The number of carbonyl (C=O) groups excluding carboxylic acids is 1. The van der Waals surface area contributed by atoms with Crippen molar-refractivity contribution in [2.75, 3.05) is 25.0 Å². The number of carbonyl (C=O) groups is 1. The van der Waals surface area contributed by atoms with Crippen LogP contribution in [0.4, 0.5) is 14.5 Å². The minimum atomic E-state index is -0.587. The Labute approximate surface area is 105 Å². The minimum absolute atomic E-state index is 0.00873. The Morgan fingerprint density at radius 1 is 1.44 bits per heavy atom. The first-order chi connectivity index (χ1) is 8.59. The predicted molar refractivity (Wildman–Crippen MR) is 65.4 cm³/mol. The fourth-order valence-electron chi connectivity index (χ4n) is 2.20. The highest BCUT2D eigenvalue weighted by Gasteiger charge is 2.26. The standard InChI is InChI=1S/C13H16F2N2O/c1-17(12-7-10(14)4-5-11(12)15)13(18)9-3-2-6-16-8-9/h4-5,7,9,16H,2-3,6,8H2,1H3. The van der Waals surface area contributed by atoms with Crippen LogP contribution in [0.3, 0.4) is 0 Å². The molecular formula is C13H16F2N2O. The van der Waals surface area contributed by atoms with Crippen LogP contribution in [0, 0.1) is 17.6 Å². The van der Waals surface area contributed by atoms with Crippen LogP contribution in [0.15, 0.2) is 18.2 Å². The van der Waals surface area contributed by atoms with E-state index in [1.807, 2.05) is 0 Å². The van der Waals surface area contributed by atoms with Gasteiger partial charge in [-0.3, -0.25) is 4.79 Å². The third kappa shape index (κ3) is 2.67. The molecule has 3 nitrogen and oxygen atoms in total. The van der Waals surface area contributed by atoms with E-state index in [-0.39, 0.29) is 17.5 Å². The van der Waals surface area contributed by atoms with E-state index in [0.717, 1.165) is 37.6 Å². The smallest absolute Gasteiger partial charge is 0.231 e. The summed E-state index contributed by atoms with van der Waals surface area (Å²) in [6.07, 6.45) is 1.71. The molecule has 1 aromatic carbocycles. The number of hydrogen-bond donors (Lipinski definition) is 1. The molecule has 1 aliphatic rings. The number of rotatable bonds is 2. The van der Waals surface area contributed by atoms with Gasteiger partial charge >= 0.3 is 0 Å². The molecule has 0 aromatic heterocycles. The van der Waals surface area contributed by atoms with E-state index in [9.17, 15) is 13.6 Å². The maximum absolute atomic E-state index is 13.6. The van der Waals surface area contributed by atoms with Crippen LogP contribution in [-0.4, -0.2) is 26.0 Å². The van der Waals surface area contributed by atoms with Crippen LogP contribution in [0.1, 0.15) is 12.8 Å². The lowest BCUT2D eigenvalue weighted by Gasteiger charge is -2.27. The van der Waals surface area contributed by atoms with Crippen molar-refractivity contribution >= 4 is 11.6 Å². The zero-order valence-corrected chi connectivity index (χ0v) is 10.2. The maximum atomic E-state index is 13.6. The van der Waals surface area contributed by atoms with Gasteiger partial charge in [0.05, 0.1) is 11.6 Å². The number of hydrogen-bond acceptors (Lipinski definition) is 2. The van der Waals surface area contributed by atoms with E-state index >= 15 is 0 Å². The lowest BCUT2D eigenvalue weighted by atomic mass is 9.98. The molecule has 0 aliphatic carbocycles. The summed E-state index contributed by atoms with van der Waals surface area (Å²) in [6, 6.07) is 3.12. The third-order valence-corrected chi connectivity index (χ3v) is 3.25. The number of nitrogens with one attached hydrogen (secondary N) is 1. The summed E-state index contributed by atoms with van der Waals surface area (Å²) in [7, 11) is 1.48. The van der Waals surface area contributed by atoms with Crippen molar-refractivity contribution in [1.82, 2.24) is 5.32 Å². The number of halogens is 2. The van der Waals surface area contributed by atoms with Crippen LogP contribution in [0.5, 0.6) is 0 Å². The largest absolute Gasteiger partial charge is 0.316 e. The second-order valence-electron chi connectivity index (χ2n) is 4.54. The number of anilines is 1. The lowest BCUT2D eigenvalue weighted by molar-refractivity contribution is -0.122. The quantitative estimate of drug-likeness (QED) is 0.874. The Kier molecular flexibility index (Phi) is 3.91. The average Bonchev–Trinajstić information content (AvgIpc) is 2.41. The molecule has 2 rings (SSSR count). The van der Waals surface area contributed by atoms with E-state index in [2.05, 4.69) is 5.32 Å². The normalized spacial score (nSPS) is 19.6. The molecule has 98 valence electrons. The Hall–Kier alpha value is -1.49. The van der Waals surface area contributed by atoms with Gasteiger partial charge in [-0.15, -0.1) is 0 Å². The van der Waals surface area contributed by atoms with Crippen LogP contribution >= 0.6 is 0 Å². The molecule has 5 heteroatoms. The molecule has 1 fully saturated rings. The van der Waals surface area contributed by atoms with Crippen molar-refractivity contribution in [3.8, 4) is 0 Å². The van der Waals surface area contributed by atoms with Gasteiger partial charge in [0, 0.05) is 19.7 Å². The van der Waals surface area contributed by atoms with E-state index in [4.69, 9.17) is 0 Å². The van der Waals surface area contributed by atoms with Gasteiger partial charge in [0.15, 0.2) is 0 Å². The van der Waals surface area contributed by atoms with Gasteiger partial charge in [0.1, 0.15) is 11.6 Å². The van der Waals surface area contributed by atoms with Gasteiger partial charge in [-0.1, -0.05) is 0 Å². The van der Waals surface area contributed by atoms with Gasteiger partial charge in [0.25, 0.3) is 0 Å².